The lowest BCUT2D eigenvalue weighted by molar-refractivity contribution is -1.01. The highest BCUT2D eigenvalue weighted by molar-refractivity contribution is 6.05. The quantitative estimate of drug-likeness (QED) is 0.216. The van der Waals surface area contributed by atoms with Gasteiger partial charge in [-0.1, -0.05) is 49.4 Å². The maximum absolute atomic E-state index is 9.24. The van der Waals surface area contributed by atoms with Crippen molar-refractivity contribution in [2.45, 2.75) is 32.7 Å². The smallest absolute Gasteiger partial charge is 0.127 e. The van der Waals surface area contributed by atoms with E-state index in [0.717, 1.165) is 31.0 Å². The average molecular weight is 570 g/mol. The van der Waals surface area contributed by atoms with Crippen LogP contribution >= 0.6 is 0 Å². The molecule has 4 aromatic rings. The SMILES string of the molecule is CCC(=C(c1ccc(OC)cc1)c1ccc(OC)cc1)c1cn(CCCC[NH+]2CC[NH+](CCO)CC2)c2ccccc12. The van der Waals surface area contributed by atoms with Crippen LogP contribution in [0.25, 0.3) is 22.0 Å². The van der Waals surface area contributed by atoms with Gasteiger partial charge in [0.2, 0.25) is 0 Å². The first-order valence-electron chi connectivity index (χ1n) is 15.5. The minimum Gasteiger partial charge on any atom is -0.497 e. The molecule has 1 aliphatic heterocycles. The van der Waals surface area contributed by atoms with Crippen molar-refractivity contribution < 1.29 is 24.4 Å². The van der Waals surface area contributed by atoms with Crippen molar-refractivity contribution in [3.8, 4) is 11.5 Å². The monoisotopic (exact) mass is 569 g/mol. The van der Waals surface area contributed by atoms with E-state index in [2.05, 4.69) is 66.2 Å². The molecule has 5 rings (SSSR count). The molecule has 0 unspecified atom stereocenters. The Morgan fingerprint density at radius 2 is 1.33 bits per heavy atom. The summed E-state index contributed by atoms with van der Waals surface area (Å²) in [6.45, 7) is 10.5. The van der Waals surface area contributed by atoms with Gasteiger partial charge in [-0.05, 0) is 71.9 Å². The predicted molar refractivity (Wildman–Crippen MR) is 172 cm³/mol. The van der Waals surface area contributed by atoms with Gasteiger partial charge in [-0.15, -0.1) is 0 Å². The van der Waals surface area contributed by atoms with E-state index in [0.29, 0.717) is 6.61 Å². The van der Waals surface area contributed by atoms with Gasteiger partial charge in [0.15, 0.2) is 0 Å². The summed E-state index contributed by atoms with van der Waals surface area (Å²) in [7, 11) is 3.42. The third-order valence-corrected chi connectivity index (χ3v) is 8.84. The van der Waals surface area contributed by atoms with Crippen molar-refractivity contribution in [3.05, 3.63) is 95.7 Å². The van der Waals surface area contributed by atoms with Crippen molar-refractivity contribution >= 4 is 22.0 Å². The van der Waals surface area contributed by atoms with Gasteiger partial charge in [0.05, 0.1) is 27.4 Å². The number of quaternary nitrogens is 2. The van der Waals surface area contributed by atoms with Crippen LogP contribution in [0.3, 0.4) is 0 Å². The number of rotatable bonds is 13. The van der Waals surface area contributed by atoms with Crippen molar-refractivity contribution in [2.24, 2.45) is 0 Å². The Kier molecular flexibility index (Phi) is 10.4. The zero-order valence-corrected chi connectivity index (χ0v) is 25.5. The molecule has 0 amide bonds. The molecular formula is C36H47N3O3+2. The molecule has 1 fully saturated rings. The number of unbranched alkanes of at least 4 members (excludes halogenated alkanes) is 1. The van der Waals surface area contributed by atoms with Crippen LogP contribution in [0.2, 0.25) is 0 Å². The Labute approximate surface area is 250 Å². The molecule has 3 N–H and O–H groups in total. The van der Waals surface area contributed by atoms with Crippen LogP contribution in [0, 0.1) is 0 Å². The maximum Gasteiger partial charge on any atom is 0.127 e. The van der Waals surface area contributed by atoms with E-state index >= 15 is 0 Å². The highest BCUT2D eigenvalue weighted by atomic mass is 16.5. The van der Waals surface area contributed by atoms with Crippen molar-refractivity contribution in [2.75, 3.05) is 60.1 Å². The van der Waals surface area contributed by atoms with Crippen LogP contribution in [0.4, 0.5) is 0 Å². The molecule has 0 atom stereocenters. The molecule has 1 saturated heterocycles. The molecule has 0 saturated carbocycles. The van der Waals surface area contributed by atoms with Crippen LogP contribution in [-0.2, 0) is 6.54 Å². The van der Waals surface area contributed by atoms with E-state index in [1.165, 1.54) is 84.3 Å². The van der Waals surface area contributed by atoms with Crippen LogP contribution in [0.15, 0.2) is 79.0 Å². The lowest BCUT2D eigenvalue weighted by Gasteiger charge is -2.29. The number of para-hydroxylation sites is 1. The molecule has 222 valence electrons. The Bertz CT molecular complexity index is 1400. The van der Waals surface area contributed by atoms with Crippen LogP contribution in [0.5, 0.6) is 11.5 Å². The fourth-order valence-electron chi connectivity index (χ4n) is 6.48. The first-order chi connectivity index (χ1) is 20.6. The number of aliphatic hydroxyl groups is 1. The summed E-state index contributed by atoms with van der Waals surface area (Å²) in [6, 6.07) is 25.7. The number of piperazine rings is 1. The van der Waals surface area contributed by atoms with E-state index in [9.17, 15) is 5.11 Å². The maximum atomic E-state index is 9.24. The van der Waals surface area contributed by atoms with Crippen LogP contribution < -0.4 is 19.3 Å². The number of aryl methyl sites for hydroxylation is 1. The van der Waals surface area contributed by atoms with Gasteiger partial charge in [-0.2, -0.15) is 0 Å². The molecule has 0 radical (unpaired) electrons. The van der Waals surface area contributed by atoms with Crippen molar-refractivity contribution in [1.29, 1.82) is 0 Å². The first kappa shape index (κ1) is 29.9. The summed E-state index contributed by atoms with van der Waals surface area (Å²) in [6.07, 6.45) is 5.70. The Balaban J connectivity index is 1.43. The Morgan fingerprint density at radius 3 is 1.88 bits per heavy atom. The number of allylic oxidation sites excluding steroid dienone is 1. The number of nitrogens with one attached hydrogen (secondary N) is 2. The number of fused-ring (bicyclic) bond motifs is 1. The number of nitrogens with zero attached hydrogens (tertiary/aromatic N) is 1. The predicted octanol–water partition coefficient (Wildman–Crippen LogP) is 3.58. The minimum absolute atomic E-state index is 0.300. The number of aliphatic hydroxyl groups excluding tert-OH is 1. The minimum atomic E-state index is 0.300. The molecule has 1 aliphatic rings. The second-order valence-corrected chi connectivity index (χ2v) is 11.3. The molecule has 42 heavy (non-hydrogen) atoms. The van der Waals surface area contributed by atoms with Gasteiger partial charge in [0.1, 0.15) is 44.2 Å². The summed E-state index contributed by atoms with van der Waals surface area (Å²) in [5.41, 5.74) is 7.56. The number of methoxy groups -OCH3 is 2. The van der Waals surface area contributed by atoms with Crippen molar-refractivity contribution in [3.63, 3.8) is 0 Å². The molecule has 0 bridgehead atoms. The standard InChI is InChI=1S/C36H45N3O3/c1-4-32(36(28-11-15-30(41-2)16-12-28)29-13-17-31(42-3)18-14-29)34-27-39(35-10-6-5-9-33(34)35)20-8-7-19-37-21-23-38(24-22-37)25-26-40/h5-6,9-18,27,40H,4,7-8,19-26H2,1-3H3/p+2. The zero-order chi connectivity index (χ0) is 29.3. The van der Waals surface area contributed by atoms with E-state index in [1.807, 2.05) is 24.3 Å². The molecule has 6 nitrogen and oxygen atoms in total. The molecule has 2 heterocycles. The van der Waals surface area contributed by atoms with Gasteiger partial charge in [-0.25, -0.2) is 0 Å². The van der Waals surface area contributed by atoms with E-state index in [1.54, 1.807) is 24.0 Å². The van der Waals surface area contributed by atoms with E-state index in [-0.39, 0.29) is 0 Å². The highest BCUT2D eigenvalue weighted by Gasteiger charge is 2.22. The largest absolute Gasteiger partial charge is 0.497 e. The normalized spacial score (nSPS) is 16.9. The number of ether oxygens (including phenoxy) is 2. The van der Waals surface area contributed by atoms with Gasteiger partial charge < -0.3 is 28.9 Å². The highest BCUT2D eigenvalue weighted by Crippen LogP contribution is 2.39. The second-order valence-electron chi connectivity index (χ2n) is 11.3. The summed E-state index contributed by atoms with van der Waals surface area (Å²) in [5, 5.41) is 10.5. The van der Waals surface area contributed by atoms with Crippen molar-refractivity contribution in [1.82, 2.24) is 4.57 Å². The fourth-order valence-corrected chi connectivity index (χ4v) is 6.48. The summed E-state index contributed by atoms with van der Waals surface area (Å²) in [4.78, 5) is 3.27. The number of aromatic nitrogens is 1. The third kappa shape index (κ3) is 6.89. The van der Waals surface area contributed by atoms with E-state index < -0.39 is 0 Å². The van der Waals surface area contributed by atoms with Gasteiger partial charge in [0.25, 0.3) is 0 Å². The summed E-state index contributed by atoms with van der Waals surface area (Å²) >= 11 is 0. The Hall–Kier alpha value is -3.58. The number of hydrogen-bond acceptors (Lipinski definition) is 3. The molecule has 0 aliphatic carbocycles. The molecular weight excluding hydrogens is 522 g/mol. The topological polar surface area (TPSA) is 52.5 Å². The summed E-state index contributed by atoms with van der Waals surface area (Å²) in [5.74, 6) is 1.72. The fraction of sp³-hybridized carbons (Fsp3) is 0.389. The molecule has 3 aromatic carbocycles. The zero-order valence-electron chi connectivity index (χ0n) is 25.5. The number of hydrogen-bond donors (Lipinski definition) is 3. The Morgan fingerprint density at radius 1 is 0.762 bits per heavy atom. The molecule has 0 spiro atoms. The van der Waals surface area contributed by atoms with Gasteiger partial charge in [0, 0.05) is 29.2 Å². The van der Waals surface area contributed by atoms with Gasteiger partial charge in [-0.3, -0.25) is 0 Å². The van der Waals surface area contributed by atoms with Gasteiger partial charge >= 0.3 is 0 Å². The second kappa shape index (κ2) is 14.5. The average Bonchev–Trinajstić information content (AvgIpc) is 3.41. The third-order valence-electron chi connectivity index (χ3n) is 8.84. The molecule has 6 heteroatoms. The lowest BCUT2D eigenvalue weighted by atomic mass is 9.88. The van der Waals surface area contributed by atoms with Crippen LogP contribution in [-0.4, -0.2) is 69.8 Å². The van der Waals surface area contributed by atoms with E-state index in [4.69, 9.17) is 9.47 Å². The number of benzene rings is 3. The first-order valence-corrected chi connectivity index (χ1v) is 15.5. The summed E-state index contributed by atoms with van der Waals surface area (Å²) < 4.78 is 13.4. The molecule has 1 aromatic heterocycles. The lowest BCUT2D eigenvalue weighted by Crippen LogP contribution is -3.28. The van der Waals surface area contributed by atoms with Crippen LogP contribution in [0.1, 0.15) is 42.9 Å².